The Bertz CT molecular complexity index is 521. The third kappa shape index (κ3) is 5.26. The summed E-state index contributed by atoms with van der Waals surface area (Å²) in [7, 11) is 0. The van der Waals surface area contributed by atoms with Crippen LogP contribution in [0.1, 0.15) is 18.4 Å². The zero-order chi connectivity index (χ0) is 14.5. The fraction of sp³-hybridized carbons (Fsp3) is 0.462. The van der Waals surface area contributed by atoms with Gasteiger partial charge in [-0.05, 0) is 24.9 Å². The highest BCUT2D eigenvalue weighted by Crippen LogP contribution is 2.23. The lowest BCUT2D eigenvalue weighted by atomic mass is 10.1. The first kappa shape index (κ1) is 17.9. The molecule has 6 nitrogen and oxygen atoms in total. The number of rotatable bonds is 4. The maximum Gasteiger partial charge on any atom is 0.270 e. The molecule has 1 aromatic carbocycles. The molecular weight excluding hydrogens is 362 g/mol. The van der Waals surface area contributed by atoms with Gasteiger partial charge in [-0.25, -0.2) is 0 Å². The molecule has 1 saturated heterocycles. The zero-order valence-corrected chi connectivity index (χ0v) is 13.7. The summed E-state index contributed by atoms with van der Waals surface area (Å²) in [4.78, 5) is 22.1. The average Bonchev–Trinajstić information content (AvgIpc) is 2.42. The van der Waals surface area contributed by atoms with Gasteiger partial charge >= 0.3 is 0 Å². The van der Waals surface area contributed by atoms with Crippen LogP contribution < -0.4 is 10.6 Å². The fourth-order valence-corrected chi connectivity index (χ4v) is 2.73. The summed E-state index contributed by atoms with van der Waals surface area (Å²) in [5.74, 6) is -0.0618. The molecular formula is C13H17BrClN3O3. The third-order valence-electron chi connectivity index (χ3n) is 3.26. The molecule has 1 unspecified atom stereocenters. The van der Waals surface area contributed by atoms with Crippen molar-refractivity contribution in [3.05, 3.63) is 38.3 Å². The van der Waals surface area contributed by atoms with Crippen molar-refractivity contribution in [2.75, 3.05) is 13.1 Å². The van der Waals surface area contributed by atoms with Crippen LogP contribution in [0.15, 0.2) is 22.7 Å². The minimum Gasteiger partial charge on any atom is -0.352 e. The van der Waals surface area contributed by atoms with Crippen molar-refractivity contribution in [3.8, 4) is 0 Å². The second kappa shape index (κ2) is 8.31. The number of hydrogen-bond donors (Lipinski definition) is 2. The van der Waals surface area contributed by atoms with Crippen molar-refractivity contribution < 1.29 is 9.72 Å². The number of nitro benzene ring substituents is 1. The maximum absolute atomic E-state index is 12.0. The van der Waals surface area contributed by atoms with Gasteiger partial charge in [0.05, 0.1) is 11.3 Å². The molecule has 1 aliphatic heterocycles. The Hall–Kier alpha value is -1.18. The van der Waals surface area contributed by atoms with Crippen LogP contribution in [0.4, 0.5) is 5.69 Å². The Balaban J connectivity index is 0.00000220. The normalized spacial score (nSPS) is 17.7. The summed E-state index contributed by atoms with van der Waals surface area (Å²) < 4.78 is 0.587. The van der Waals surface area contributed by atoms with E-state index in [0.29, 0.717) is 4.47 Å². The van der Waals surface area contributed by atoms with E-state index in [1.165, 1.54) is 12.1 Å². The highest BCUT2D eigenvalue weighted by atomic mass is 79.9. The highest BCUT2D eigenvalue weighted by molar-refractivity contribution is 9.10. The lowest BCUT2D eigenvalue weighted by molar-refractivity contribution is -0.384. The van der Waals surface area contributed by atoms with Gasteiger partial charge in [0.2, 0.25) is 5.91 Å². The van der Waals surface area contributed by atoms with Crippen molar-refractivity contribution >= 4 is 39.9 Å². The van der Waals surface area contributed by atoms with Crippen LogP contribution in [-0.4, -0.2) is 30.0 Å². The molecule has 0 radical (unpaired) electrons. The van der Waals surface area contributed by atoms with E-state index in [4.69, 9.17) is 0 Å². The molecule has 2 N–H and O–H groups in total. The molecule has 1 aliphatic rings. The molecule has 0 bridgehead atoms. The lowest BCUT2D eigenvalue weighted by Crippen LogP contribution is -2.46. The maximum atomic E-state index is 12.0. The van der Waals surface area contributed by atoms with Crippen LogP contribution in [0.25, 0.3) is 0 Å². The van der Waals surface area contributed by atoms with Crippen molar-refractivity contribution in [1.82, 2.24) is 10.6 Å². The van der Waals surface area contributed by atoms with E-state index in [0.717, 1.165) is 31.5 Å². The number of halogens is 2. The predicted molar refractivity (Wildman–Crippen MR) is 85.8 cm³/mol. The van der Waals surface area contributed by atoms with Gasteiger partial charge in [0.25, 0.3) is 5.69 Å². The van der Waals surface area contributed by atoms with Crippen molar-refractivity contribution in [2.45, 2.75) is 25.3 Å². The lowest BCUT2D eigenvalue weighted by Gasteiger charge is -2.23. The van der Waals surface area contributed by atoms with Gasteiger partial charge in [-0.2, -0.15) is 0 Å². The SMILES string of the molecule is Cl.O=C(Cc1ccc([N+](=O)[O-])cc1Br)NC1CCCNC1. The van der Waals surface area contributed by atoms with E-state index in [1.807, 2.05) is 0 Å². The minimum absolute atomic E-state index is 0. The summed E-state index contributed by atoms with van der Waals surface area (Å²) >= 11 is 3.27. The molecule has 116 valence electrons. The fourth-order valence-electron chi connectivity index (χ4n) is 2.22. The standard InChI is InChI=1S/C13H16BrN3O3.ClH/c14-12-7-11(17(19)20)4-3-9(12)6-13(18)16-10-2-1-5-15-8-10;/h3-4,7,10,15H,1-2,5-6,8H2,(H,16,18);1H. The number of hydrogen-bond acceptors (Lipinski definition) is 4. The van der Waals surface area contributed by atoms with Gasteiger partial charge in [-0.1, -0.05) is 22.0 Å². The first-order valence-corrected chi connectivity index (χ1v) is 7.28. The van der Waals surface area contributed by atoms with Crippen LogP contribution in [-0.2, 0) is 11.2 Å². The Kier molecular flexibility index (Phi) is 7.07. The average molecular weight is 379 g/mol. The van der Waals surface area contributed by atoms with Crippen molar-refractivity contribution in [2.24, 2.45) is 0 Å². The quantitative estimate of drug-likeness (QED) is 0.621. The zero-order valence-electron chi connectivity index (χ0n) is 11.3. The van der Waals surface area contributed by atoms with E-state index in [-0.39, 0.29) is 36.5 Å². The third-order valence-corrected chi connectivity index (χ3v) is 4.00. The second-order valence-electron chi connectivity index (χ2n) is 4.82. The number of nitro groups is 1. The number of carbonyl (C=O) groups is 1. The van der Waals surface area contributed by atoms with Gasteiger partial charge in [-0.15, -0.1) is 12.4 Å². The number of benzene rings is 1. The molecule has 0 spiro atoms. The summed E-state index contributed by atoms with van der Waals surface area (Å²) in [6, 6.07) is 4.62. The minimum atomic E-state index is -0.456. The van der Waals surface area contributed by atoms with Crippen LogP contribution in [0, 0.1) is 10.1 Å². The van der Waals surface area contributed by atoms with Crippen molar-refractivity contribution in [3.63, 3.8) is 0 Å². The molecule has 8 heteroatoms. The Morgan fingerprint density at radius 3 is 2.86 bits per heavy atom. The summed E-state index contributed by atoms with van der Waals surface area (Å²) in [5.41, 5.74) is 0.759. The molecule has 2 rings (SSSR count). The molecule has 1 atom stereocenters. The van der Waals surface area contributed by atoms with Crippen LogP contribution in [0.5, 0.6) is 0 Å². The van der Waals surface area contributed by atoms with Gasteiger partial charge in [-0.3, -0.25) is 14.9 Å². The van der Waals surface area contributed by atoms with Crippen LogP contribution in [0.3, 0.4) is 0 Å². The number of non-ortho nitro benzene ring substituents is 1. The summed E-state index contributed by atoms with van der Waals surface area (Å²) in [5, 5.41) is 16.9. The smallest absolute Gasteiger partial charge is 0.270 e. The monoisotopic (exact) mass is 377 g/mol. The van der Waals surface area contributed by atoms with E-state index >= 15 is 0 Å². The molecule has 1 aromatic rings. The summed E-state index contributed by atoms with van der Waals surface area (Å²) in [6.45, 7) is 1.80. The summed E-state index contributed by atoms with van der Waals surface area (Å²) in [6.07, 6.45) is 2.27. The van der Waals surface area contributed by atoms with Gasteiger partial charge in [0.15, 0.2) is 0 Å². The Labute approximate surface area is 137 Å². The molecule has 0 aromatic heterocycles. The highest BCUT2D eigenvalue weighted by Gasteiger charge is 2.17. The second-order valence-corrected chi connectivity index (χ2v) is 5.67. The molecule has 1 heterocycles. The van der Waals surface area contributed by atoms with E-state index < -0.39 is 4.92 Å². The number of amides is 1. The molecule has 0 saturated carbocycles. The molecule has 1 amide bonds. The Morgan fingerprint density at radius 2 is 2.29 bits per heavy atom. The van der Waals surface area contributed by atoms with E-state index in [2.05, 4.69) is 26.6 Å². The molecule has 0 aliphatic carbocycles. The first-order chi connectivity index (χ1) is 9.56. The van der Waals surface area contributed by atoms with Gasteiger partial charge < -0.3 is 10.6 Å². The topological polar surface area (TPSA) is 84.3 Å². The largest absolute Gasteiger partial charge is 0.352 e. The van der Waals surface area contributed by atoms with E-state index in [1.54, 1.807) is 6.07 Å². The first-order valence-electron chi connectivity index (χ1n) is 6.49. The van der Waals surface area contributed by atoms with E-state index in [9.17, 15) is 14.9 Å². The number of carbonyl (C=O) groups excluding carboxylic acids is 1. The number of nitrogens with one attached hydrogen (secondary N) is 2. The van der Waals surface area contributed by atoms with Crippen molar-refractivity contribution in [1.29, 1.82) is 0 Å². The predicted octanol–water partition coefficient (Wildman–Crippen LogP) is 2.19. The van der Waals surface area contributed by atoms with Gasteiger partial charge in [0, 0.05) is 29.2 Å². The van der Waals surface area contributed by atoms with Crippen LogP contribution in [0.2, 0.25) is 0 Å². The van der Waals surface area contributed by atoms with Gasteiger partial charge in [0.1, 0.15) is 0 Å². The number of piperidine rings is 1. The van der Waals surface area contributed by atoms with Crippen LogP contribution >= 0.6 is 28.3 Å². The Morgan fingerprint density at radius 1 is 1.52 bits per heavy atom. The molecule has 1 fully saturated rings. The number of nitrogens with zero attached hydrogens (tertiary/aromatic N) is 1. The molecule has 21 heavy (non-hydrogen) atoms.